The van der Waals surface area contributed by atoms with E-state index in [4.69, 9.17) is 0 Å². The van der Waals surface area contributed by atoms with E-state index < -0.39 is 0 Å². The summed E-state index contributed by atoms with van der Waals surface area (Å²) in [7, 11) is 0. The zero-order valence-electron chi connectivity index (χ0n) is 9.97. The SMILES string of the molecule is CC(C)n1cccc1C(=O)NCc1ncc[nH]1. The van der Waals surface area contributed by atoms with Crippen LogP contribution in [0.2, 0.25) is 0 Å². The topological polar surface area (TPSA) is 62.7 Å². The standard InChI is InChI=1S/C12H16N4O/c1-9(2)16-7-3-4-10(16)12(17)15-8-11-13-5-6-14-11/h3-7,9H,8H2,1-2H3,(H,13,14)(H,15,17). The molecule has 17 heavy (non-hydrogen) atoms. The number of aromatic nitrogens is 3. The van der Waals surface area contributed by atoms with Crippen molar-refractivity contribution in [3.05, 3.63) is 42.2 Å². The second-order valence-corrected chi connectivity index (χ2v) is 4.11. The molecule has 5 heteroatoms. The van der Waals surface area contributed by atoms with Crippen molar-refractivity contribution in [1.82, 2.24) is 19.9 Å². The van der Waals surface area contributed by atoms with E-state index in [-0.39, 0.29) is 11.9 Å². The lowest BCUT2D eigenvalue weighted by Crippen LogP contribution is -2.26. The van der Waals surface area contributed by atoms with E-state index >= 15 is 0 Å². The molecule has 0 aliphatic rings. The Bertz CT molecular complexity index is 484. The molecule has 2 aromatic heterocycles. The molecule has 0 unspecified atom stereocenters. The van der Waals surface area contributed by atoms with Gasteiger partial charge in [0.15, 0.2) is 0 Å². The van der Waals surface area contributed by atoms with Crippen molar-refractivity contribution < 1.29 is 4.79 Å². The van der Waals surface area contributed by atoms with E-state index in [0.717, 1.165) is 5.82 Å². The molecule has 1 amide bonds. The van der Waals surface area contributed by atoms with Crippen molar-refractivity contribution in [2.75, 3.05) is 0 Å². The predicted molar refractivity (Wildman–Crippen MR) is 64.6 cm³/mol. The minimum atomic E-state index is -0.0832. The second-order valence-electron chi connectivity index (χ2n) is 4.11. The number of H-pyrrole nitrogens is 1. The Hall–Kier alpha value is -2.04. The number of carbonyl (C=O) groups excluding carboxylic acids is 1. The molecule has 0 bridgehead atoms. The number of rotatable bonds is 4. The third-order valence-electron chi connectivity index (χ3n) is 2.54. The summed E-state index contributed by atoms with van der Waals surface area (Å²) >= 11 is 0. The largest absolute Gasteiger partial charge is 0.347 e. The first-order chi connectivity index (χ1) is 8.18. The third kappa shape index (κ3) is 2.55. The number of imidazole rings is 1. The van der Waals surface area contributed by atoms with Crippen LogP contribution in [0, 0.1) is 0 Å². The maximum atomic E-state index is 12.0. The number of aromatic amines is 1. The van der Waals surface area contributed by atoms with E-state index in [9.17, 15) is 4.79 Å². The van der Waals surface area contributed by atoms with Crippen LogP contribution in [0.5, 0.6) is 0 Å². The maximum absolute atomic E-state index is 12.0. The van der Waals surface area contributed by atoms with Gasteiger partial charge in [0.1, 0.15) is 11.5 Å². The molecule has 0 atom stereocenters. The highest BCUT2D eigenvalue weighted by Gasteiger charge is 2.12. The van der Waals surface area contributed by atoms with Crippen LogP contribution in [0.15, 0.2) is 30.7 Å². The first-order valence-corrected chi connectivity index (χ1v) is 5.62. The van der Waals surface area contributed by atoms with Gasteiger partial charge >= 0.3 is 0 Å². The van der Waals surface area contributed by atoms with Crippen molar-refractivity contribution in [3.8, 4) is 0 Å². The molecule has 5 nitrogen and oxygen atoms in total. The Balaban J connectivity index is 2.02. The molecule has 0 aromatic carbocycles. The summed E-state index contributed by atoms with van der Waals surface area (Å²) < 4.78 is 1.94. The van der Waals surface area contributed by atoms with Gasteiger partial charge in [-0.1, -0.05) is 0 Å². The molecule has 2 aromatic rings. The van der Waals surface area contributed by atoms with Crippen LogP contribution in [0.4, 0.5) is 0 Å². The highest BCUT2D eigenvalue weighted by molar-refractivity contribution is 5.92. The summed E-state index contributed by atoms with van der Waals surface area (Å²) in [5.41, 5.74) is 0.673. The van der Waals surface area contributed by atoms with E-state index in [1.54, 1.807) is 12.4 Å². The van der Waals surface area contributed by atoms with Crippen molar-refractivity contribution >= 4 is 5.91 Å². The second kappa shape index (κ2) is 4.86. The molecule has 0 saturated carbocycles. The first kappa shape index (κ1) is 11.4. The van der Waals surface area contributed by atoms with Crippen LogP contribution >= 0.6 is 0 Å². The third-order valence-corrected chi connectivity index (χ3v) is 2.54. The Morgan fingerprint density at radius 1 is 1.59 bits per heavy atom. The molecule has 0 spiro atoms. The molecular formula is C12H16N4O. The van der Waals surface area contributed by atoms with Gasteiger partial charge in [0.2, 0.25) is 0 Å². The van der Waals surface area contributed by atoms with Crippen LogP contribution < -0.4 is 5.32 Å². The summed E-state index contributed by atoms with van der Waals surface area (Å²) in [6, 6.07) is 3.97. The fourth-order valence-electron chi connectivity index (χ4n) is 1.69. The molecule has 0 fully saturated rings. The van der Waals surface area contributed by atoms with Crippen LogP contribution in [-0.4, -0.2) is 20.4 Å². The van der Waals surface area contributed by atoms with Gasteiger partial charge < -0.3 is 14.9 Å². The number of hydrogen-bond acceptors (Lipinski definition) is 2. The van der Waals surface area contributed by atoms with E-state index in [0.29, 0.717) is 12.2 Å². The van der Waals surface area contributed by atoms with Gasteiger partial charge in [-0.15, -0.1) is 0 Å². The Labute approximate surface area is 99.9 Å². The molecule has 2 heterocycles. The van der Waals surface area contributed by atoms with Gasteiger partial charge in [-0.05, 0) is 26.0 Å². The van der Waals surface area contributed by atoms with Crippen molar-refractivity contribution in [2.24, 2.45) is 0 Å². The number of hydrogen-bond donors (Lipinski definition) is 2. The summed E-state index contributed by atoms with van der Waals surface area (Å²) in [6.45, 7) is 4.50. The molecule has 0 aliphatic heterocycles. The molecule has 2 rings (SSSR count). The number of carbonyl (C=O) groups is 1. The average Bonchev–Trinajstić information content (AvgIpc) is 2.96. The fraction of sp³-hybridized carbons (Fsp3) is 0.333. The zero-order chi connectivity index (χ0) is 12.3. The summed E-state index contributed by atoms with van der Waals surface area (Å²) in [6.07, 6.45) is 5.31. The van der Waals surface area contributed by atoms with Crippen molar-refractivity contribution in [2.45, 2.75) is 26.4 Å². The Morgan fingerprint density at radius 2 is 2.41 bits per heavy atom. The van der Waals surface area contributed by atoms with E-state index in [1.807, 2.05) is 36.7 Å². The lowest BCUT2D eigenvalue weighted by Gasteiger charge is -2.12. The van der Waals surface area contributed by atoms with E-state index in [2.05, 4.69) is 15.3 Å². The Morgan fingerprint density at radius 3 is 3.06 bits per heavy atom. The molecule has 0 aliphatic carbocycles. The fourth-order valence-corrected chi connectivity index (χ4v) is 1.69. The van der Waals surface area contributed by atoms with Crippen LogP contribution in [-0.2, 0) is 6.54 Å². The monoisotopic (exact) mass is 232 g/mol. The summed E-state index contributed by atoms with van der Waals surface area (Å²) in [5.74, 6) is 0.668. The summed E-state index contributed by atoms with van der Waals surface area (Å²) in [5, 5.41) is 2.83. The van der Waals surface area contributed by atoms with Crippen molar-refractivity contribution in [1.29, 1.82) is 0 Å². The van der Waals surface area contributed by atoms with Crippen molar-refractivity contribution in [3.63, 3.8) is 0 Å². The van der Waals surface area contributed by atoms with Gasteiger partial charge in [-0.2, -0.15) is 0 Å². The lowest BCUT2D eigenvalue weighted by atomic mass is 10.3. The van der Waals surface area contributed by atoms with Gasteiger partial charge in [-0.25, -0.2) is 4.98 Å². The quantitative estimate of drug-likeness (QED) is 0.843. The number of nitrogens with zero attached hydrogens (tertiary/aromatic N) is 2. The van der Waals surface area contributed by atoms with Gasteiger partial charge in [0.25, 0.3) is 5.91 Å². The molecular weight excluding hydrogens is 216 g/mol. The first-order valence-electron chi connectivity index (χ1n) is 5.62. The van der Waals surface area contributed by atoms with Crippen LogP contribution in [0.1, 0.15) is 36.2 Å². The molecule has 90 valence electrons. The minimum Gasteiger partial charge on any atom is -0.347 e. The minimum absolute atomic E-state index is 0.0832. The molecule has 0 saturated heterocycles. The van der Waals surface area contributed by atoms with Gasteiger partial charge in [0.05, 0.1) is 6.54 Å². The van der Waals surface area contributed by atoms with E-state index in [1.165, 1.54) is 0 Å². The number of amides is 1. The molecule has 2 N–H and O–H groups in total. The normalized spacial score (nSPS) is 10.8. The zero-order valence-corrected chi connectivity index (χ0v) is 9.97. The highest BCUT2D eigenvalue weighted by atomic mass is 16.1. The maximum Gasteiger partial charge on any atom is 0.268 e. The molecule has 0 radical (unpaired) electrons. The number of nitrogens with one attached hydrogen (secondary N) is 2. The lowest BCUT2D eigenvalue weighted by molar-refractivity contribution is 0.0939. The smallest absolute Gasteiger partial charge is 0.268 e. The van der Waals surface area contributed by atoms with Crippen LogP contribution in [0.25, 0.3) is 0 Å². The van der Waals surface area contributed by atoms with Gasteiger partial charge in [-0.3, -0.25) is 4.79 Å². The predicted octanol–water partition coefficient (Wildman–Crippen LogP) is 1.72. The Kier molecular flexibility index (Phi) is 3.27. The van der Waals surface area contributed by atoms with Gasteiger partial charge in [0, 0.05) is 24.6 Å². The highest BCUT2D eigenvalue weighted by Crippen LogP contribution is 2.10. The summed E-state index contributed by atoms with van der Waals surface area (Å²) in [4.78, 5) is 18.9. The average molecular weight is 232 g/mol. The van der Waals surface area contributed by atoms with Crippen LogP contribution in [0.3, 0.4) is 0 Å².